The fraction of sp³-hybridized carbons (Fsp3) is 0.118. The van der Waals surface area contributed by atoms with E-state index in [9.17, 15) is 9.59 Å². The van der Waals surface area contributed by atoms with Gasteiger partial charge in [0.05, 0.1) is 18.4 Å². The molecule has 0 atom stereocenters. The van der Waals surface area contributed by atoms with Gasteiger partial charge in [0.15, 0.2) is 0 Å². The molecule has 25 heavy (non-hydrogen) atoms. The fourth-order valence-corrected chi connectivity index (χ4v) is 2.31. The third-order valence-electron chi connectivity index (χ3n) is 2.95. The van der Waals surface area contributed by atoms with Gasteiger partial charge in [0.1, 0.15) is 11.5 Å². The molecule has 2 aromatic carbocycles. The van der Waals surface area contributed by atoms with Crippen LogP contribution in [-0.2, 0) is 4.74 Å². The zero-order chi connectivity index (χ0) is 18.2. The Morgan fingerprint density at radius 1 is 1.20 bits per heavy atom. The van der Waals surface area contributed by atoms with Crippen LogP contribution in [0.1, 0.15) is 22.8 Å². The van der Waals surface area contributed by atoms with Crippen molar-refractivity contribution >= 4 is 34.1 Å². The molecule has 2 rings (SSSR count). The first-order chi connectivity index (χ1) is 12.0. The summed E-state index contributed by atoms with van der Waals surface area (Å²) in [4.78, 5) is 22.2. The molecule has 2 aromatic rings. The summed E-state index contributed by atoms with van der Waals surface area (Å²) in [6.45, 7) is 2.08. The SMILES string of the molecule is CCOC(=O)c1ccc(Oc2ccc(C=NNC(N)=O)c(Br)c2)cc1. The number of carbonyl (C=O) groups excluding carboxylic acids is 2. The topological polar surface area (TPSA) is 103 Å². The Morgan fingerprint density at radius 2 is 1.88 bits per heavy atom. The van der Waals surface area contributed by atoms with Gasteiger partial charge in [-0.1, -0.05) is 0 Å². The Bertz CT molecular complexity index is 791. The third kappa shape index (κ3) is 5.61. The number of urea groups is 1. The van der Waals surface area contributed by atoms with Crippen LogP contribution in [0.15, 0.2) is 52.0 Å². The molecule has 0 aromatic heterocycles. The lowest BCUT2D eigenvalue weighted by Crippen LogP contribution is -2.24. The lowest BCUT2D eigenvalue weighted by Gasteiger charge is -2.08. The molecule has 3 N–H and O–H groups in total. The molecular formula is C17H16BrN3O4. The summed E-state index contributed by atoms with van der Waals surface area (Å²) in [5, 5.41) is 3.69. The van der Waals surface area contributed by atoms with Gasteiger partial charge in [0, 0.05) is 10.0 Å². The molecule has 130 valence electrons. The highest BCUT2D eigenvalue weighted by Crippen LogP contribution is 2.26. The maximum Gasteiger partial charge on any atom is 0.338 e. The van der Waals surface area contributed by atoms with Crippen molar-refractivity contribution in [1.29, 1.82) is 0 Å². The highest BCUT2D eigenvalue weighted by Gasteiger charge is 2.07. The molecule has 7 nitrogen and oxygen atoms in total. The van der Waals surface area contributed by atoms with Crippen LogP contribution in [0, 0.1) is 0 Å². The zero-order valence-corrected chi connectivity index (χ0v) is 14.9. The molecule has 0 saturated carbocycles. The smallest absolute Gasteiger partial charge is 0.338 e. The van der Waals surface area contributed by atoms with Crippen LogP contribution in [0.3, 0.4) is 0 Å². The number of nitrogens with zero attached hydrogens (tertiary/aromatic N) is 1. The average Bonchev–Trinajstić information content (AvgIpc) is 2.57. The third-order valence-corrected chi connectivity index (χ3v) is 3.64. The minimum atomic E-state index is -0.737. The summed E-state index contributed by atoms with van der Waals surface area (Å²) in [7, 11) is 0. The number of carbonyl (C=O) groups is 2. The molecule has 0 spiro atoms. The van der Waals surface area contributed by atoms with Gasteiger partial charge in [-0.05, 0) is 65.3 Å². The summed E-state index contributed by atoms with van der Waals surface area (Å²) >= 11 is 3.40. The molecule has 0 fully saturated rings. The number of esters is 1. The summed E-state index contributed by atoms with van der Waals surface area (Å²) in [6, 6.07) is 11.2. The van der Waals surface area contributed by atoms with E-state index in [2.05, 4.69) is 26.5 Å². The molecule has 0 heterocycles. The number of rotatable bonds is 6. The van der Waals surface area contributed by atoms with Gasteiger partial charge in [0.25, 0.3) is 0 Å². The number of hydrogen-bond donors (Lipinski definition) is 2. The summed E-state index contributed by atoms with van der Waals surface area (Å²) in [5.41, 5.74) is 8.24. The molecule has 0 aliphatic carbocycles. The van der Waals surface area contributed by atoms with E-state index >= 15 is 0 Å². The Balaban J connectivity index is 2.05. The monoisotopic (exact) mass is 405 g/mol. The van der Waals surface area contributed by atoms with Crippen molar-refractivity contribution in [2.24, 2.45) is 10.8 Å². The van der Waals surface area contributed by atoms with Crippen molar-refractivity contribution in [2.45, 2.75) is 6.92 Å². The molecule has 0 aliphatic heterocycles. The second-order valence-electron chi connectivity index (χ2n) is 4.76. The first-order valence-corrected chi connectivity index (χ1v) is 8.12. The van der Waals surface area contributed by atoms with Gasteiger partial charge >= 0.3 is 12.0 Å². The maximum atomic E-state index is 11.6. The van der Waals surface area contributed by atoms with E-state index < -0.39 is 6.03 Å². The standard InChI is InChI=1S/C17H16BrN3O4/c1-2-24-16(22)11-3-6-13(7-4-11)25-14-8-5-12(15(18)9-14)10-20-21-17(19)23/h3-10H,2H2,1H3,(H3,19,21,23). The number of amides is 2. The van der Waals surface area contributed by atoms with Crippen LogP contribution >= 0.6 is 15.9 Å². The van der Waals surface area contributed by atoms with Crippen LogP contribution in [0.25, 0.3) is 0 Å². The van der Waals surface area contributed by atoms with Crippen molar-refractivity contribution in [3.63, 3.8) is 0 Å². The van der Waals surface area contributed by atoms with Crippen LogP contribution in [0.2, 0.25) is 0 Å². The largest absolute Gasteiger partial charge is 0.462 e. The minimum absolute atomic E-state index is 0.329. The normalized spacial score (nSPS) is 10.5. The van der Waals surface area contributed by atoms with Gasteiger partial charge in [-0.15, -0.1) is 0 Å². The van der Waals surface area contributed by atoms with E-state index in [1.54, 1.807) is 49.4 Å². The van der Waals surface area contributed by atoms with Crippen LogP contribution < -0.4 is 15.9 Å². The molecule has 8 heteroatoms. The molecular weight excluding hydrogens is 390 g/mol. The van der Waals surface area contributed by atoms with Gasteiger partial charge < -0.3 is 15.2 Å². The number of halogens is 1. The van der Waals surface area contributed by atoms with E-state index in [0.29, 0.717) is 23.7 Å². The molecule has 0 bridgehead atoms. The van der Waals surface area contributed by atoms with Crippen molar-refractivity contribution in [1.82, 2.24) is 5.43 Å². The second kappa shape index (κ2) is 8.84. The lowest BCUT2D eigenvalue weighted by atomic mass is 10.2. The van der Waals surface area contributed by atoms with Gasteiger partial charge in [-0.3, -0.25) is 0 Å². The van der Waals surface area contributed by atoms with E-state index in [1.165, 1.54) is 6.21 Å². The molecule has 0 saturated heterocycles. The Labute approximate surface area is 152 Å². The number of hydrogen-bond acceptors (Lipinski definition) is 5. The first-order valence-electron chi connectivity index (χ1n) is 7.32. The minimum Gasteiger partial charge on any atom is -0.462 e. The summed E-state index contributed by atoms with van der Waals surface area (Å²) in [6.07, 6.45) is 1.45. The summed E-state index contributed by atoms with van der Waals surface area (Å²) < 4.78 is 11.4. The summed E-state index contributed by atoms with van der Waals surface area (Å²) in [5.74, 6) is 0.803. The number of benzene rings is 2. The molecule has 0 aliphatic rings. The number of primary amides is 1. The molecule has 0 radical (unpaired) electrons. The van der Waals surface area contributed by atoms with Gasteiger partial charge in [0.2, 0.25) is 0 Å². The highest BCUT2D eigenvalue weighted by molar-refractivity contribution is 9.10. The second-order valence-corrected chi connectivity index (χ2v) is 5.62. The number of ether oxygens (including phenoxy) is 2. The van der Waals surface area contributed by atoms with Crippen molar-refractivity contribution in [3.05, 3.63) is 58.1 Å². The number of hydrazone groups is 1. The first kappa shape index (κ1) is 18.5. The predicted molar refractivity (Wildman–Crippen MR) is 96.9 cm³/mol. The van der Waals surface area contributed by atoms with Crippen LogP contribution in [0.4, 0.5) is 4.79 Å². The quantitative estimate of drug-likeness (QED) is 0.436. The zero-order valence-electron chi connectivity index (χ0n) is 13.4. The molecule has 0 unspecified atom stereocenters. The van der Waals surface area contributed by atoms with Crippen LogP contribution in [-0.4, -0.2) is 24.8 Å². The Hall–Kier alpha value is -2.87. The van der Waals surface area contributed by atoms with Crippen molar-refractivity contribution in [2.75, 3.05) is 6.61 Å². The highest BCUT2D eigenvalue weighted by atomic mass is 79.9. The Kier molecular flexibility index (Phi) is 6.53. The maximum absolute atomic E-state index is 11.6. The molecule has 2 amide bonds. The number of nitrogens with two attached hydrogens (primary N) is 1. The fourth-order valence-electron chi connectivity index (χ4n) is 1.85. The van der Waals surface area contributed by atoms with E-state index in [1.807, 2.05) is 0 Å². The van der Waals surface area contributed by atoms with Crippen molar-refractivity contribution in [3.8, 4) is 11.5 Å². The van der Waals surface area contributed by atoms with E-state index in [0.717, 1.165) is 10.0 Å². The van der Waals surface area contributed by atoms with E-state index in [-0.39, 0.29) is 5.97 Å². The Morgan fingerprint density at radius 3 is 2.48 bits per heavy atom. The van der Waals surface area contributed by atoms with Gasteiger partial charge in [-0.25, -0.2) is 15.0 Å². The number of nitrogens with one attached hydrogen (secondary N) is 1. The predicted octanol–water partition coefficient (Wildman–Crippen LogP) is 3.42. The van der Waals surface area contributed by atoms with E-state index in [4.69, 9.17) is 15.2 Å². The average molecular weight is 406 g/mol. The van der Waals surface area contributed by atoms with Crippen LogP contribution in [0.5, 0.6) is 11.5 Å². The van der Waals surface area contributed by atoms with Crippen molar-refractivity contribution < 1.29 is 19.1 Å². The lowest BCUT2D eigenvalue weighted by molar-refractivity contribution is 0.0526. The van der Waals surface area contributed by atoms with Gasteiger partial charge in [-0.2, -0.15) is 5.10 Å².